The van der Waals surface area contributed by atoms with E-state index in [1.165, 1.54) is 29.4 Å². The predicted octanol–water partition coefficient (Wildman–Crippen LogP) is 4.43. The number of likely N-dealkylation sites (tertiary alicyclic amines) is 1. The van der Waals surface area contributed by atoms with Crippen LogP contribution in [-0.4, -0.2) is 58.2 Å². The normalized spacial score (nSPS) is 21.5. The van der Waals surface area contributed by atoms with Crippen molar-refractivity contribution in [2.45, 2.75) is 19.5 Å². The van der Waals surface area contributed by atoms with Crippen molar-refractivity contribution in [1.29, 1.82) is 0 Å². The van der Waals surface area contributed by atoms with Gasteiger partial charge in [-0.05, 0) is 53.1 Å². The standard InChI is InChI=1S/C27H27F3N4O5/c1-32-14-25(31-15-32)38-26(35)34(10-17-3-2-4-19(7-17)39-27(28,29)30)13-22-20-11-33(12-21(20)22)9-18-5-6-23-24(8-18)37-16-36-23/h2-8,14-15,20-22H,9-13,16H2,1H3. The largest absolute Gasteiger partial charge is 0.573 e. The Hall–Kier alpha value is -3.93. The number of alkyl halides is 3. The van der Waals surface area contributed by atoms with Gasteiger partial charge in [-0.1, -0.05) is 18.2 Å². The van der Waals surface area contributed by atoms with E-state index in [1.54, 1.807) is 23.9 Å². The smallest absolute Gasteiger partial charge is 0.454 e. The van der Waals surface area contributed by atoms with Crippen molar-refractivity contribution in [2.75, 3.05) is 26.4 Å². The van der Waals surface area contributed by atoms with Gasteiger partial charge in [0, 0.05) is 39.8 Å². The molecule has 6 rings (SSSR count). The van der Waals surface area contributed by atoms with Crippen molar-refractivity contribution in [3.05, 3.63) is 66.1 Å². The molecule has 2 fully saturated rings. The number of nitrogens with zero attached hydrogens (tertiary/aromatic N) is 4. The minimum atomic E-state index is -4.80. The maximum absolute atomic E-state index is 13.1. The number of halogens is 3. The van der Waals surface area contributed by atoms with Crippen LogP contribution >= 0.6 is 0 Å². The van der Waals surface area contributed by atoms with Crippen LogP contribution in [0.4, 0.5) is 18.0 Å². The summed E-state index contributed by atoms with van der Waals surface area (Å²) in [6, 6.07) is 11.6. The summed E-state index contributed by atoms with van der Waals surface area (Å²) in [7, 11) is 1.76. The molecule has 12 heteroatoms. The van der Waals surface area contributed by atoms with E-state index in [9.17, 15) is 18.0 Å². The Labute approximate surface area is 222 Å². The molecule has 2 unspecified atom stereocenters. The lowest BCUT2D eigenvalue weighted by Gasteiger charge is -2.25. The second-order valence-corrected chi connectivity index (χ2v) is 10.2. The summed E-state index contributed by atoms with van der Waals surface area (Å²) < 4.78 is 60.2. The van der Waals surface area contributed by atoms with Gasteiger partial charge in [-0.25, -0.2) is 9.78 Å². The number of imidazole rings is 1. The highest BCUT2D eigenvalue weighted by atomic mass is 19.4. The van der Waals surface area contributed by atoms with Gasteiger partial charge in [0.1, 0.15) is 5.75 Å². The molecule has 39 heavy (non-hydrogen) atoms. The Bertz CT molecular complexity index is 1350. The number of carbonyl (C=O) groups is 1. The molecule has 3 aliphatic rings. The summed E-state index contributed by atoms with van der Waals surface area (Å²) in [4.78, 5) is 21.1. The maximum atomic E-state index is 13.1. The summed E-state index contributed by atoms with van der Waals surface area (Å²) >= 11 is 0. The van der Waals surface area contributed by atoms with Crippen molar-refractivity contribution in [2.24, 2.45) is 24.8 Å². The molecule has 206 valence electrons. The van der Waals surface area contributed by atoms with E-state index in [1.807, 2.05) is 18.2 Å². The van der Waals surface area contributed by atoms with E-state index >= 15 is 0 Å². The highest BCUT2D eigenvalue weighted by Gasteiger charge is 2.56. The Morgan fingerprint density at radius 1 is 1.10 bits per heavy atom. The molecular formula is C27H27F3N4O5. The van der Waals surface area contributed by atoms with Gasteiger partial charge >= 0.3 is 12.5 Å². The topological polar surface area (TPSA) is 78.3 Å². The molecule has 1 aromatic heterocycles. The van der Waals surface area contributed by atoms with Crippen LogP contribution in [0.1, 0.15) is 11.1 Å². The number of benzene rings is 2. The fourth-order valence-corrected chi connectivity index (χ4v) is 5.55. The molecule has 0 N–H and O–H groups in total. The summed E-state index contributed by atoms with van der Waals surface area (Å²) in [6.07, 6.45) is -2.30. The fraction of sp³-hybridized carbons (Fsp3) is 0.407. The van der Waals surface area contributed by atoms with Gasteiger partial charge < -0.3 is 28.4 Å². The maximum Gasteiger partial charge on any atom is 0.573 e. The molecule has 0 radical (unpaired) electrons. The summed E-state index contributed by atoms with van der Waals surface area (Å²) in [5.41, 5.74) is 1.66. The highest BCUT2D eigenvalue weighted by Crippen LogP contribution is 2.52. The molecule has 1 aliphatic carbocycles. The molecule has 1 amide bonds. The number of carbonyl (C=O) groups excluding carboxylic acids is 1. The van der Waals surface area contributed by atoms with Crippen molar-refractivity contribution >= 4 is 6.09 Å². The number of fused-ring (bicyclic) bond motifs is 2. The number of aromatic nitrogens is 2. The Morgan fingerprint density at radius 3 is 2.64 bits per heavy atom. The first-order chi connectivity index (χ1) is 18.7. The number of rotatable bonds is 8. The molecule has 2 atom stereocenters. The number of ether oxygens (including phenoxy) is 4. The van der Waals surface area contributed by atoms with E-state index < -0.39 is 12.5 Å². The van der Waals surface area contributed by atoms with E-state index in [-0.39, 0.29) is 30.9 Å². The van der Waals surface area contributed by atoms with Crippen LogP contribution in [0.5, 0.6) is 23.1 Å². The number of aryl methyl sites for hydroxylation is 1. The second kappa shape index (κ2) is 9.99. The van der Waals surface area contributed by atoms with Crippen LogP contribution in [0.25, 0.3) is 0 Å². The molecule has 1 saturated heterocycles. The SMILES string of the molecule is Cn1cnc(OC(=O)N(Cc2cccc(OC(F)(F)F)c2)CC2C3CN(Cc4ccc5c(c4)OCO5)CC32)c1. The molecule has 3 aromatic rings. The first-order valence-corrected chi connectivity index (χ1v) is 12.6. The lowest BCUT2D eigenvalue weighted by molar-refractivity contribution is -0.274. The van der Waals surface area contributed by atoms with Gasteiger partial charge in [-0.2, -0.15) is 0 Å². The zero-order valence-electron chi connectivity index (χ0n) is 21.1. The van der Waals surface area contributed by atoms with E-state index in [0.29, 0.717) is 23.9 Å². The number of hydrogen-bond acceptors (Lipinski definition) is 7. The lowest BCUT2D eigenvalue weighted by Crippen LogP contribution is -2.36. The molecule has 2 aromatic carbocycles. The summed E-state index contributed by atoms with van der Waals surface area (Å²) in [5, 5.41) is 0. The summed E-state index contributed by atoms with van der Waals surface area (Å²) in [5.74, 6) is 2.50. The van der Waals surface area contributed by atoms with Crippen LogP contribution < -0.4 is 18.9 Å². The first kappa shape index (κ1) is 25.4. The average molecular weight is 545 g/mol. The van der Waals surface area contributed by atoms with Crippen LogP contribution in [0.15, 0.2) is 55.0 Å². The minimum Gasteiger partial charge on any atom is -0.454 e. The van der Waals surface area contributed by atoms with Crippen molar-refractivity contribution in [3.63, 3.8) is 0 Å². The quantitative estimate of drug-likeness (QED) is 0.415. The average Bonchev–Trinajstić information content (AvgIpc) is 3.32. The first-order valence-electron chi connectivity index (χ1n) is 12.6. The van der Waals surface area contributed by atoms with Gasteiger partial charge in [-0.15, -0.1) is 13.2 Å². The van der Waals surface area contributed by atoms with Gasteiger partial charge in [-0.3, -0.25) is 4.90 Å². The van der Waals surface area contributed by atoms with Crippen LogP contribution in [0.2, 0.25) is 0 Å². The monoisotopic (exact) mass is 544 g/mol. The predicted molar refractivity (Wildman–Crippen MR) is 131 cm³/mol. The zero-order chi connectivity index (χ0) is 27.1. The summed E-state index contributed by atoms with van der Waals surface area (Å²) in [6.45, 7) is 3.37. The van der Waals surface area contributed by atoms with Crippen LogP contribution in [-0.2, 0) is 20.1 Å². The van der Waals surface area contributed by atoms with E-state index in [4.69, 9.17) is 14.2 Å². The van der Waals surface area contributed by atoms with Crippen LogP contribution in [0, 0.1) is 17.8 Å². The molecule has 0 spiro atoms. The zero-order valence-corrected chi connectivity index (χ0v) is 21.1. The second-order valence-electron chi connectivity index (χ2n) is 10.2. The Kier molecular flexibility index (Phi) is 6.49. The molecule has 0 bridgehead atoms. The third-order valence-electron chi connectivity index (χ3n) is 7.36. The Balaban J connectivity index is 1.10. The van der Waals surface area contributed by atoms with E-state index in [0.717, 1.165) is 36.7 Å². The third-order valence-corrected chi connectivity index (χ3v) is 7.36. The van der Waals surface area contributed by atoms with Crippen molar-refractivity contribution < 1.29 is 36.9 Å². The molecule has 2 aliphatic heterocycles. The fourth-order valence-electron chi connectivity index (χ4n) is 5.55. The van der Waals surface area contributed by atoms with Crippen molar-refractivity contribution in [3.8, 4) is 23.1 Å². The van der Waals surface area contributed by atoms with Crippen molar-refractivity contribution in [1.82, 2.24) is 19.4 Å². The lowest BCUT2D eigenvalue weighted by atomic mass is 10.1. The molecule has 9 nitrogen and oxygen atoms in total. The molecular weight excluding hydrogens is 517 g/mol. The van der Waals surface area contributed by atoms with Gasteiger partial charge in [0.2, 0.25) is 12.7 Å². The van der Waals surface area contributed by atoms with Gasteiger partial charge in [0.15, 0.2) is 11.5 Å². The van der Waals surface area contributed by atoms with Gasteiger partial charge in [0.25, 0.3) is 0 Å². The number of piperidine rings is 1. The molecule has 1 saturated carbocycles. The Morgan fingerprint density at radius 2 is 1.90 bits per heavy atom. The minimum absolute atomic E-state index is 0.0809. The number of amides is 1. The van der Waals surface area contributed by atoms with Crippen LogP contribution in [0.3, 0.4) is 0 Å². The third kappa shape index (κ3) is 5.90. The number of hydrogen-bond donors (Lipinski definition) is 0. The van der Waals surface area contributed by atoms with E-state index in [2.05, 4.69) is 14.6 Å². The molecule has 3 heterocycles. The van der Waals surface area contributed by atoms with Gasteiger partial charge in [0.05, 0.1) is 12.5 Å². The highest BCUT2D eigenvalue weighted by molar-refractivity contribution is 5.70.